The highest BCUT2D eigenvalue weighted by molar-refractivity contribution is 7.59. The molecule has 0 spiro atoms. The van der Waals surface area contributed by atoms with Crippen LogP contribution >= 0.6 is 65.3 Å². The lowest BCUT2D eigenvalue weighted by atomic mass is 9.84. The second kappa shape index (κ2) is 25.4. The predicted molar refractivity (Wildman–Crippen MR) is 296 cm³/mol. The summed E-state index contributed by atoms with van der Waals surface area (Å²) in [7, 11) is 4.95. The van der Waals surface area contributed by atoms with Crippen LogP contribution in [0.4, 0.5) is 4.79 Å². The monoisotopic (exact) mass is 1060 g/mol. The van der Waals surface area contributed by atoms with Gasteiger partial charge in [0.25, 0.3) is 5.91 Å². The van der Waals surface area contributed by atoms with Crippen molar-refractivity contribution in [2.24, 2.45) is 11.3 Å². The van der Waals surface area contributed by atoms with Gasteiger partial charge in [-0.25, -0.2) is 15.2 Å². The minimum atomic E-state index is -1.09. The Bertz CT molecular complexity index is 2500. The number of nitrogens with one attached hydrogen (secondary N) is 2. The smallest absolute Gasteiger partial charge is 0.324 e. The SMILES string of the molecule is C=CC(=O)N(C)C[C@@H]1CCN1C(=O)N(C)[C@H](C(=O)N[C@H]1Cc2nc(cs2)-c2ccc3c(c2)c(c(-c2cccnc2[C@H](C)OC)n3CC)CC(C)(C)COC(=O)[C@@H]2CCCN(N2)C1=O)C(C)C.S.S.S.S. The number of pyridine rings is 1. The molecule has 6 bridgehead atoms. The van der Waals surface area contributed by atoms with E-state index in [4.69, 9.17) is 19.4 Å². The standard InChI is InChI=1S/C49H65N9O7S.4H2S/c1-11-41(59)54(8)26-32-19-22-57(32)48(63)55(9)43(29(3)4)45(60)52-37-24-40-51-38(27-66-40)31-17-18-39-34(23-31)35(44(56(39)12-2)33-15-13-20-50-42(33)30(5)64-10)25-49(6,7)28-65-47(62)36-16-14-21-58(53-36)46(37)61;;;;/h11,13,15,17-18,20,23,27,29-30,32,36-37,43,53H,1,12,14,16,19,21-22,24-26,28H2,2-10H3,(H,52,60);4*1H2/t30-,32-,36-,37-,43-;;;;/m0..../s1. The Labute approximate surface area is 444 Å². The van der Waals surface area contributed by atoms with E-state index in [1.807, 2.05) is 32.2 Å². The van der Waals surface area contributed by atoms with E-state index in [0.29, 0.717) is 50.4 Å². The maximum atomic E-state index is 14.6. The molecule has 2 saturated heterocycles. The van der Waals surface area contributed by atoms with Crippen LogP contribution < -0.4 is 10.7 Å². The first-order valence-corrected chi connectivity index (χ1v) is 23.9. The number of likely N-dealkylation sites (N-methyl/N-ethyl adjacent to an activating group) is 2. The molecule has 5 atom stereocenters. The molecule has 6 heterocycles. The summed E-state index contributed by atoms with van der Waals surface area (Å²) in [6.45, 7) is 17.5. The molecule has 386 valence electrons. The van der Waals surface area contributed by atoms with Crippen molar-refractivity contribution in [1.29, 1.82) is 0 Å². The lowest BCUT2D eigenvalue weighted by Gasteiger charge is -2.45. The van der Waals surface area contributed by atoms with Gasteiger partial charge in [0.2, 0.25) is 11.8 Å². The Morgan fingerprint density at radius 3 is 2.46 bits per heavy atom. The topological polar surface area (TPSA) is 172 Å². The summed E-state index contributed by atoms with van der Waals surface area (Å²) in [5.74, 6) is -1.94. The van der Waals surface area contributed by atoms with Crippen molar-refractivity contribution in [3.05, 3.63) is 70.8 Å². The summed E-state index contributed by atoms with van der Waals surface area (Å²) in [5.41, 5.74) is 9.25. The van der Waals surface area contributed by atoms with E-state index in [-0.39, 0.29) is 97.0 Å². The second-order valence-electron chi connectivity index (χ2n) is 18.9. The van der Waals surface area contributed by atoms with Gasteiger partial charge in [0.1, 0.15) is 18.1 Å². The number of amides is 5. The first-order chi connectivity index (χ1) is 31.5. The van der Waals surface area contributed by atoms with Crippen LogP contribution in [0.2, 0.25) is 0 Å². The molecule has 16 nitrogen and oxygen atoms in total. The maximum Gasteiger partial charge on any atom is 0.324 e. The van der Waals surface area contributed by atoms with Crippen molar-refractivity contribution in [3.8, 4) is 22.5 Å². The molecule has 3 aliphatic heterocycles. The van der Waals surface area contributed by atoms with Gasteiger partial charge in [-0.1, -0.05) is 40.3 Å². The first kappa shape index (κ1) is 60.1. The van der Waals surface area contributed by atoms with Crippen LogP contribution in [-0.2, 0) is 48.0 Å². The third kappa shape index (κ3) is 12.7. The third-order valence-electron chi connectivity index (χ3n) is 13.2. The van der Waals surface area contributed by atoms with Crippen LogP contribution in [0, 0.1) is 11.3 Å². The number of rotatable bonds is 11. The zero-order valence-corrected chi connectivity index (χ0v) is 46.6. The van der Waals surface area contributed by atoms with E-state index in [1.165, 1.54) is 32.2 Å². The van der Waals surface area contributed by atoms with Crippen molar-refractivity contribution in [1.82, 2.24) is 45.0 Å². The Balaban J connectivity index is 0.00000324. The normalized spacial score (nSPS) is 19.6. The van der Waals surface area contributed by atoms with Crippen molar-refractivity contribution in [2.45, 2.75) is 110 Å². The van der Waals surface area contributed by atoms with Crippen LogP contribution in [0.3, 0.4) is 0 Å². The number of esters is 1. The van der Waals surface area contributed by atoms with Gasteiger partial charge in [0.15, 0.2) is 0 Å². The molecule has 7 rings (SSSR count). The van der Waals surface area contributed by atoms with Crippen LogP contribution in [0.5, 0.6) is 0 Å². The number of hydrogen-bond donors (Lipinski definition) is 2. The van der Waals surface area contributed by atoms with Gasteiger partial charge < -0.3 is 34.1 Å². The number of hydrazine groups is 1. The first-order valence-electron chi connectivity index (χ1n) is 23.0. The minimum absolute atomic E-state index is 0. The van der Waals surface area contributed by atoms with Gasteiger partial charge in [-0.3, -0.25) is 29.2 Å². The number of urea groups is 1. The number of likely N-dealkylation sites (tertiary alicyclic amines) is 1. The van der Waals surface area contributed by atoms with Crippen LogP contribution in [-0.4, -0.2) is 136 Å². The van der Waals surface area contributed by atoms with E-state index in [2.05, 4.69) is 66.9 Å². The number of aryl methyl sites for hydroxylation is 1. The van der Waals surface area contributed by atoms with Crippen molar-refractivity contribution < 1.29 is 33.4 Å². The molecular formula is C49H73N9O7S5. The van der Waals surface area contributed by atoms with Gasteiger partial charge >= 0.3 is 12.0 Å². The molecule has 0 aliphatic carbocycles. The second-order valence-corrected chi connectivity index (χ2v) is 19.9. The molecule has 4 aromatic rings. The van der Waals surface area contributed by atoms with E-state index in [0.717, 1.165) is 51.1 Å². The average Bonchev–Trinajstić information content (AvgIpc) is 3.89. The number of aromatic nitrogens is 3. The number of benzene rings is 1. The lowest BCUT2D eigenvalue weighted by Crippen LogP contribution is -2.64. The van der Waals surface area contributed by atoms with Crippen molar-refractivity contribution >= 4 is 106 Å². The molecule has 3 aromatic heterocycles. The molecule has 2 N–H and O–H groups in total. The number of carbonyl (C=O) groups excluding carboxylic acids is 5. The van der Waals surface area contributed by atoms with Crippen LogP contribution in [0.25, 0.3) is 33.4 Å². The molecule has 0 radical (unpaired) electrons. The van der Waals surface area contributed by atoms with Crippen LogP contribution in [0.1, 0.15) is 83.2 Å². The van der Waals surface area contributed by atoms with Gasteiger partial charge in [0.05, 0.1) is 40.8 Å². The Morgan fingerprint density at radius 2 is 1.81 bits per heavy atom. The Kier molecular flexibility index (Phi) is 21.8. The summed E-state index contributed by atoms with van der Waals surface area (Å²) in [6.07, 6.45) is 5.14. The highest BCUT2D eigenvalue weighted by Crippen LogP contribution is 2.42. The molecule has 3 aliphatic rings. The number of nitrogens with zero attached hydrogens (tertiary/aromatic N) is 7. The Morgan fingerprint density at radius 1 is 1.09 bits per heavy atom. The lowest BCUT2D eigenvalue weighted by molar-refractivity contribution is -0.155. The van der Waals surface area contributed by atoms with E-state index >= 15 is 0 Å². The number of thiazole rings is 1. The van der Waals surface area contributed by atoms with Crippen molar-refractivity contribution in [3.63, 3.8) is 0 Å². The number of ether oxygens (including phenoxy) is 2. The number of fused-ring (bicyclic) bond motifs is 6. The highest BCUT2D eigenvalue weighted by atomic mass is 32.1. The quantitative estimate of drug-likeness (QED) is 0.126. The molecule has 70 heavy (non-hydrogen) atoms. The minimum Gasteiger partial charge on any atom is -0.464 e. The zero-order chi connectivity index (χ0) is 47.6. The summed E-state index contributed by atoms with van der Waals surface area (Å²) in [6, 6.07) is 7.05. The number of carbonyl (C=O) groups is 5. The molecule has 0 unspecified atom stereocenters. The fourth-order valence-electron chi connectivity index (χ4n) is 9.51. The summed E-state index contributed by atoms with van der Waals surface area (Å²) in [5, 5.41) is 8.10. The fourth-order valence-corrected chi connectivity index (χ4v) is 10.4. The number of cyclic esters (lactones) is 1. The van der Waals surface area contributed by atoms with E-state index in [1.54, 1.807) is 32.3 Å². The maximum absolute atomic E-state index is 14.6. The fraction of sp³-hybridized carbons (Fsp3) is 0.531. The number of methoxy groups -OCH3 is 1. The van der Waals surface area contributed by atoms with Gasteiger partial charge in [-0.05, 0) is 81.4 Å². The van der Waals surface area contributed by atoms with Gasteiger partial charge in [0, 0.05) is 92.8 Å². The molecule has 0 saturated carbocycles. The third-order valence-corrected chi connectivity index (χ3v) is 14.1. The van der Waals surface area contributed by atoms with Crippen molar-refractivity contribution in [2.75, 3.05) is 47.4 Å². The summed E-state index contributed by atoms with van der Waals surface area (Å²) in [4.78, 5) is 83.7. The van der Waals surface area contributed by atoms with Gasteiger partial charge in [-0.15, -0.1) is 11.3 Å². The zero-order valence-electron chi connectivity index (χ0n) is 41.8. The molecule has 2 fully saturated rings. The predicted octanol–water partition coefficient (Wildman–Crippen LogP) is 6.45. The van der Waals surface area contributed by atoms with E-state index in [9.17, 15) is 24.0 Å². The van der Waals surface area contributed by atoms with Crippen LogP contribution in [0.15, 0.2) is 54.6 Å². The highest BCUT2D eigenvalue weighted by Gasteiger charge is 2.41. The average molecular weight is 1060 g/mol. The summed E-state index contributed by atoms with van der Waals surface area (Å²) < 4.78 is 14.2. The Hall–Kier alpha value is -4.25. The largest absolute Gasteiger partial charge is 0.464 e. The molecule has 1 aromatic carbocycles. The summed E-state index contributed by atoms with van der Waals surface area (Å²) >= 11 is 1.40. The van der Waals surface area contributed by atoms with E-state index < -0.39 is 41.3 Å². The van der Waals surface area contributed by atoms with Gasteiger partial charge in [-0.2, -0.15) is 54.0 Å². The molecular weight excluding hydrogens is 987 g/mol. The molecule has 5 amide bonds. The molecule has 21 heteroatoms. The number of hydrogen-bond acceptors (Lipinski definition) is 11.